The van der Waals surface area contributed by atoms with Crippen molar-refractivity contribution in [1.82, 2.24) is 0 Å². The molecule has 0 spiro atoms. The Morgan fingerprint density at radius 1 is 1.29 bits per heavy atom. The summed E-state index contributed by atoms with van der Waals surface area (Å²) in [4.78, 5) is 0. The number of rotatable bonds is 7. The van der Waals surface area contributed by atoms with Crippen LogP contribution in [0, 0.1) is 6.92 Å². The second-order valence-corrected chi connectivity index (χ2v) is 6.24. The molecule has 0 amide bonds. The third-order valence-electron chi connectivity index (χ3n) is 2.06. The molecule has 0 aliphatic carbocycles. The number of hydrogen-bond donors (Lipinski definition) is 0. The summed E-state index contributed by atoms with van der Waals surface area (Å²) in [6, 6.07) is 7.70. The summed E-state index contributed by atoms with van der Waals surface area (Å²) in [6.07, 6.45) is 0. The Kier molecular flexibility index (Phi) is 5.80. The molecule has 4 nitrogen and oxygen atoms in total. The smallest absolute Gasteiger partial charge is 0.122 e. The Hall–Kier alpha value is -0.720. The van der Waals surface area contributed by atoms with Crippen LogP contribution in [0.3, 0.4) is 0 Å². The van der Waals surface area contributed by atoms with Crippen molar-refractivity contribution in [1.29, 1.82) is 0 Å². The molecule has 0 heterocycles. The Balaban J connectivity index is 2.15. The molecule has 1 aromatic rings. The van der Waals surface area contributed by atoms with Crippen molar-refractivity contribution < 1.29 is 17.7 Å². The molecular formula is C11H15O4S2-. The molecule has 0 saturated carbocycles. The molecule has 0 aliphatic rings. The zero-order valence-corrected chi connectivity index (χ0v) is 11.2. The lowest BCUT2D eigenvalue weighted by Gasteiger charge is -2.09. The standard InChI is InChI=1S/C11H16O4S2/c1-10-4-2-3-5-11(10)15-6-7-16-8-9-17(12,13)14/h2-5H,6-9H2,1H3,(H,12,13,14)/p-1. The average Bonchev–Trinajstić information content (AvgIpc) is 2.24. The highest BCUT2D eigenvalue weighted by Crippen LogP contribution is 2.16. The predicted molar refractivity (Wildman–Crippen MR) is 68.6 cm³/mol. The molecule has 1 rings (SSSR count). The van der Waals surface area contributed by atoms with E-state index in [1.807, 2.05) is 31.2 Å². The molecule has 0 atom stereocenters. The molecule has 0 aliphatic heterocycles. The molecule has 0 bridgehead atoms. The van der Waals surface area contributed by atoms with E-state index in [0.29, 0.717) is 18.1 Å². The van der Waals surface area contributed by atoms with Crippen molar-refractivity contribution >= 4 is 21.9 Å². The normalized spacial score (nSPS) is 11.4. The number of benzene rings is 1. The maximum absolute atomic E-state index is 10.3. The van der Waals surface area contributed by atoms with Crippen molar-refractivity contribution in [3.05, 3.63) is 29.8 Å². The summed E-state index contributed by atoms with van der Waals surface area (Å²) < 4.78 is 36.5. The summed E-state index contributed by atoms with van der Waals surface area (Å²) in [5, 5.41) is 0. The predicted octanol–water partition coefficient (Wildman–Crippen LogP) is 1.65. The Bertz CT molecular complexity index is 443. The molecule has 0 saturated heterocycles. The van der Waals surface area contributed by atoms with Crippen molar-refractivity contribution in [2.75, 3.05) is 23.9 Å². The second kappa shape index (κ2) is 6.88. The number of ether oxygens (including phenoxy) is 1. The van der Waals surface area contributed by atoms with Gasteiger partial charge in [-0.25, -0.2) is 8.42 Å². The number of thioether (sulfide) groups is 1. The first-order valence-electron chi connectivity index (χ1n) is 5.19. The second-order valence-electron chi connectivity index (χ2n) is 3.49. The highest BCUT2D eigenvalue weighted by Gasteiger charge is 1.98. The van der Waals surface area contributed by atoms with Gasteiger partial charge in [-0.2, -0.15) is 11.8 Å². The van der Waals surface area contributed by atoms with Gasteiger partial charge in [0.15, 0.2) is 0 Å². The van der Waals surface area contributed by atoms with Gasteiger partial charge in [-0.1, -0.05) is 18.2 Å². The van der Waals surface area contributed by atoms with E-state index < -0.39 is 10.1 Å². The van der Waals surface area contributed by atoms with Gasteiger partial charge in [0.05, 0.1) is 16.7 Å². The quantitative estimate of drug-likeness (QED) is 0.559. The summed E-state index contributed by atoms with van der Waals surface area (Å²) >= 11 is 1.40. The van der Waals surface area contributed by atoms with Crippen LogP contribution < -0.4 is 4.74 Å². The molecule has 0 unspecified atom stereocenters. The fourth-order valence-corrected chi connectivity index (χ4v) is 2.89. The number of aryl methyl sites for hydroxylation is 1. The zero-order valence-electron chi connectivity index (χ0n) is 9.59. The largest absolute Gasteiger partial charge is 0.748 e. The van der Waals surface area contributed by atoms with Crippen molar-refractivity contribution in [2.45, 2.75) is 6.92 Å². The van der Waals surface area contributed by atoms with E-state index in [2.05, 4.69) is 0 Å². The minimum atomic E-state index is -4.08. The SMILES string of the molecule is Cc1ccccc1OCCSCCS(=O)(=O)[O-]. The van der Waals surface area contributed by atoms with Crippen LogP contribution in [0.5, 0.6) is 5.75 Å². The van der Waals surface area contributed by atoms with Crippen LogP contribution in [0.4, 0.5) is 0 Å². The summed E-state index contributed by atoms with van der Waals surface area (Å²) in [7, 11) is -4.08. The molecule has 0 radical (unpaired) electrons. The van der Waals surface area contributed by atoms with Crippen LogP contribution >= 0.6 is 11.8 Å². The Morgan fingerprint density at radius 3 is 2.65 bits per heavy atom. The van der Waals surface area contributed by atoms with Gasteiger partial charge >= 0.3 is 0 Å². The van der Waals surface area contributed by atoms with Crippen LogP contribution in [-0.2, 0) is 10.1 Å². The Morgan fingerprint density at radius 2 is 2.00 bits per heavy atom. The first-order chi connectivity index (χ1) is 7.99. The van der Waals surface area contributed by atoms with Gasteiger partial charge in [-0.05, 0) is 18.6 Å². The third-order valence-corrected chi connectivity index (χ3v) is 3.97. The lowest BCUT2D eigenvalue weighted by atomic mass is 10.2. The van der Waals surface area contributed by atoms with E-state index in [9.17, 15) is 13.0 Å². The monoisotopic (exact) mass is 275 g/mol. The van der Waals surface area contributed by atoms with E-state index in [0.717, 1.165) is 11.3 Å². The van der Waals surface area contributed by atoms with Crippen LogP contribution in [0.2, 0.25) is 0 Å². The molecular weight excluding hydrogens is 260 g/mol. The molecule has 96 valence electrons. The van der Waals surface area contributed by atoms with Crippen LogP contribution in [0.25, 0.3) is 0 Å². The van der Waals surface area contributed by atoms with Gasteiger partial charge in [0.2, 0.25) is 0 Å². The van der Waals surface area contributed by atoms with Crippen molar-refractivity contribution in [2.24, 2.45) is 0 Å². The van der Waals surface area contributed by atoms with Gasteiger partial charge < -0.3 is 9.29 Å². The van der Waals surface area contributed by atoms with Crippen molar-refractivity contribution in [3.8, 4) is 5.75 Å². The van der Waals surface area contributed by atoms with Crippen LogP contribution in [-0.4, -0.2) is 36.8 Å². The van der Waals surface area contributed by atoms with Gasteiger partial charge in [0.25, 0.3) is 0 Å². The van der Waals surface area contributed by atoms with Gasteiger partial charge in [-0.3, -0.25) is 0 Å². The first-order valence-corrected chi connectivity index (χ1v) is 7.92. The number of hydrogen-bond acceptors (Lipinski definition) is 5. The number of para-hydroxylation sites is 1. The van der Waals surface area contributed by atoms with Gasteiger partial charge in [0, 0.05) is 17.3 Å². The molecule has 0 N–H and O–H groups in total. The molecule has 1 aromatic carbocycles. The third kappa shape index (κ3) is 6.55. The van der Waals surface area contributed by atoms with Gasteiger partial charge in [-0.15, -0.1) is 0 Å². The lowest BCUT2D eigenvalue weighted by molar-refractivity contribution is 0.341. The topological polar surface area (TPSA) is 66.4 Å². The van der Waals surface area contributed by atoms with Crippen LogP contribution in [0.1, 0.15) is 5.56 Å². The maximum atomic E-state index is 10.3. The maximum Gasteiger partial charge on any atom is 0.122 e. The summed E-state index contributed by atoms with van der Waals surface area (Å²) in [5.41, 5.74) is 1.07. The van der Waals surface area contributed by atoms with Crippen LogP contribution in [0.15, 0.2) is 24.3 Å². The van der Waals surface area contributed by atoms with Crippen molar-refractivity contribution in [3.63, 3.8) is 0 Å². The first kappa shape index (κ1) is 14.3. The molecule has 0 aromatic heterocycles. The van der Waals surface area contributed by atoms with Gasteiger partial charge in [0.1, 0.15) is 5.75 Å². The highest BCUT2D eigenvalue weighted by molar-refractivity contribution is 8.00. The minimum Gasteiger partial charge on any atom is -0.748 e. The summed E-state index contributed by atoms with van der Waals surface area (Å²) in [6.45, 7) is 2.47. The fourth-order valence-electron chi connectivity index (χ4n) is 1.19. The minimum absolute atomic E-state index is 0.317. The van der Waals surface area contributed by atoms with E-state index in [1.54, 1.807) is 0 Å². The fraction of sp³-hybridized carbons (Fsp3) is 0.455. The molecule has 17 heavy (non-hydrogen) atoms. The summed E-state index contributed by atoms with van der Waals surface area (Å²) in [5.74, 6) is 1.51. The zero-order chi connectivity index (χ0) is 12.7. The average molecular weight is 275 g/mol. The lowest BCUT2D eigenvalue weighted by Crippen LogP contribution is -2.08. The van der Waals surface area contributed by atoms with E-state index in [1.165, 1.54) is 11.8 Å². The molecule has 6 heteroatoms. The van der Waals surface area contributed by atoms with E-state index >= 15 is 0 Å². The van der Waals surface area contributed by atoms with E-state index in [-0.39, 0.29) is 5.75 Å². The Labute approximate surface area is 106 Å². The van der Waals surface area contributed by atoms with E-state index in [4.69, 9.17) is 4.74 Å². The highest BCUT2D eigenvalue weighted by atomic mass is 32.2. The molecule has 0 fully saturated rings.